The van der Waals surface area contributed by atoms with Crippen LogP contribution >= 0.6 is 22.9 Å². The lowest BCUT2D eigenvalue weighted by molar-refractivity contribution is 0.0972. The number of carbonyl (C=O) groups is 1. The highest BCUT2D eigenvalue weighted by Crippen LogP contribution is 2.38. The number of amides is 1. The molecule has 0 spiro atoms. The van der Waals surface area contributed by atoms with E-state index in [-0.39, 0.29) is 5.91 Å². The minimum Gasteiger partial charge on any atom is -0.488 e. The van der Waals surface area contributed by atoms with Crippen LogP contribution < -0.4 is 9.64 Å². The first-order valence-electron chi connectivity index (χ1n) is 7.19. The van der Waals surface area contributed by atoms with Gasteiger partial charge in [-0.25, -0.2) is 4.98 Å². The second kappa shape index (κ2) is 6.18. The van der Waals surface area contributed by atoms with Crippen LogP contribution in [-0.4, -0.2) is 34.0 Å². The maximum atomic E-state index is 12.9. The van der Waals surface area contributed by atoms with Crippen molar-refractivity contribution in [3.8, 4) is 16.5 Å². The van der Waals surface area contributed by atoms with Gasteiger partial charge >= 0.3 is 0 Å². The lowest BCUT2D eigenvalue weighted by Crippen LogP contribution is -2.38. The molecule has 1 aliphatic heterocycles. The normalized spacial score (nSPS) is 13.3. The number of para-hydroxylation sites is 1. The average molecular weight is 359 g/mol. The van der Waals surface area contributed by atoms with E-state index in [2.05, 4.69) is 15.0 Å². The van der Waals surface area contributed by atoms with E-state index in [0.717, 1.165) is 0 Å². The van der Waals surface area contributed by atoms with E-state index in [4.69, 9.17) is 16.3 Å². The molecule has 0 saturated heterocycles. The largest absolute Gasteiger partial charge is 0.488 e. The van der Waals surface area contributed by atoms with E-state index >= 15 is 0 Å². The molecule has 24 heavy (non-hydrogen) atoms. The minimum atomic E-state index is -0.187. The monoisotopic (exact) mass is 358 g/mol. The number of fused-ring (bicyclic) bond motifs is 1. The van der Waals surface area contributed by atoms with Gasteiger partial charge in [0, 0.05) is 17.8 Å². The number of rotatable bonds is 2. The number of aromatic nitrogens is 3. The van der Waals surface area contributed by atoms with Crippen molar-refractivity contribution in [2.24, 2.45) is 0 Å². The van der Waals surface area contributed by atoms with Crippen molar-refractivity contribution in [2.75, 3.05) is 18.1 Å². The van der Waals surface area contributed by atoms with Crippen LogP contribution in [0.4, 0.5) is 5.69 Å². The summed E-state index contributed by atoms with van der Waals surface area (Å²) >= 11 is 7.51. The zero-order chi connectivity index (χ0) is 16.5. The number of ether oxygens (including phenoxy) is 1. The molecule has 4 rings (SSSR count). The van der Waals surface area contributed by atoms with Crippen molar-refractivity contribution in [2.45, 2.75) is 0 Å². The van der Waals surface area contributed by atoms with Crippen molar-refractivity contribution in [1.29, 1.82) is 0 Å². The van der Waals surface area contributed by atoms with E-state index in [1.54, 1.807) is 41.0 Å². The first kappa shape index (κ1) is 15.0. The lowest BCUT2D eigenvalue weighted by Gasteiger charge is -2.29. The van der Waals surface area contributed by atoms with Crippen LogP contribution in [0.5, 0.6) is 5.75 Å². The molecule has 6 nitrogen and oxygen atoms in total. The van der Waals surface area contributed by atoms with Gasteiger partial charge in [-0.15, -0.1) is 11.3 Å². The van der Waals surface area contributed by atoms with Gasteiger partial charge in [0.15, 0.2) is 5.75 Å². The molecule has 3 aromatic rings. The number of anilines is 1. The van der Waals surface area contributed by atoms with Gasteiger partial charge in [0.2, 0.25) is 0 Å². The minimum absolute atomic E-state index is 0.187. The molecule has 3 heterocycles. The number of hydrogen-bond acceptors (Lipinski definition) is 6. The molecule has 0 atom stereocenters. The van der Waals surface area contributed by atoms with Crippen molar-refractivity contribution in [3.63, 3.8) is 0 Å². The summed E-state index contributed by atoms with van der Waals surface area (Å²) in [5, 5.41) is 2.88. The Bertz CT molecular complexity index is 900. The first-order valence-corrected chi connectivity index (χ1v) is 8.45. The number of benzene rings is 1. The van der Waals surface area contributed by atoms with Crippen LogP contribution in [0.2, 0.25) is 5.02 Å². The highest BCUT2D eigenvalue weighted by Gasteiger charge is 2.27. The van der Waals surface area contributed by atoms with Gasteiger partial charge in [-0.3, -0.25) is 14.8 Å². The van der Waals surface area contributed by atoms with Crippen molar-refractivity contribution < 1.29 is 9.53 Å². The molecule has 0 saturated carbocycles. The second-order valence-electron chi connectivity index (χ2n) is 5.02. The standard InChI is InChI=1S/C16H11ClN4O2S/c17-10-2-1-3-13-14(10)23-7-6-21(13)16(22)12-9-24-15(20-12)11-8-18-4-5-19-11/h1-5,8-9H,6-7H2. The van der Waals surface area contributed by atoms with E-state index in [1.807, 2.05) is 6.07 Å². The fraction of sp³-hybridized carbons (Fsp3) is 0.125. The summed E-state index contributed by atoms with van der Waals surface area (Å²) in [5.74, 6) is 0.344. The first-order chi connectivity index (χ1) is 11.7. The highest BCUT2D eigenvalue weighted by molar-refractivity contribution is 7.13. The van der Waals surface area contributed by atoms with Crippen LogP contribution in [-0.2, 0) is 0 Å². The Kier molecular flexibility index (Phi) is 3.87. The van der Waals surface area contributed by atoms with Gasteiger partial charge in [0.05, 0.1) is 23.5 Å². The summed E-state index contributed by atoms with van der Waals surface area (Å²) in [4.78, 5) is 27.1. The molecule has 0 bridgehead atoms. The molecule has 0 radical (unpaired) electrons. The SMILES string of the molecule is O=C(c1csc(-c2cnccn2)n1)N1CCOc2c(Cl)cccc21. The van der Waals surface area contributed by atoms with Crippen LogP contribution in [0, 0.1) is 0 Å². The molecule has 1 aliphatic rings. The van der Waals surface area contributed by atoms with Crippen LogP contribution in [0.15, 0.2) is 42.2 Å². The molecule has 1 aromatic carbocycles. The summed E-state index contributed by atoms with van der Waals surface area (Å²) in [7, 11) is 0. The average Bonchev–Trinajstić information content (AvgIpc) is 3.12. The van der Waals surface area contributed by atoms with Gasteiger partial charge < -0.3 is 9.64 Å². The van der Waals surface area contributed by atoms with E-state index in [1.165, 1.54) is 11.3 Å². The van der Waals surface area contributed by atoms with Crippen molar-refractivity contribution in [1.82, 2.24) is 15.0 Å². The maximum Gasteiger partial charge on any atom is 0.277 e. The fourth-order valence-corrected chi connectivity index (χ4v) is 3.44. The Labute approximate surface area is 146 Å². The third kappa shape index (κ3) is 2.61. The van der Waals surface area contributed by atoms with Gasteiger partial charge in [-0.1, -0.05) is 17.7 Å². The Morgan fingerprint density at radius 2 is 2.25 bits per heavy atom. The number of nitrogens with zero attached hydrogens (tertiary/aromatic N) is 4. The Hall–Kier alpha value is -2.51. The van der Waals surface area contributed by atoms with E-state index in [9.17, 15) is 4.79 Å². The molecule has 2 aromatic heterocycles. The molecule has 0 N–H and O–H groups in total. The fourth-order valence-electron chi connectivity index (χ4n) is 2.46. The number of hydrogen-bond donors (Lipinski definition) is 0. The van der Waals surface area contributed by atoms with Gasteiger partial charge in [0.1, 0.15) is 23.0 Å². The second-order valence-corrected chi connectivity index (χ2v) is 6.29. The summed E-state index contributed by atoms with van der Waals surface area (Å²) in [5.41, 5.74) is 1.67. The number of halogens is 1. The molecule has 0 unspecified atom stereocenters. The number of carbonyl (C=O) groups excluding carboxylic acids is 1. The predicted molar refractivity (Wildman–Crippen MR) is 91.8 cm³/mol. The highest BCUT2D eigenvalue weighted by atomic mass is 35.5. The Morgan fingerprint density at radius 3 is 3.08 bits per heavy atom. The summed E-state index contributed by atoms with van der Waals surface area (Å²) in [6, 6.07) is 5.35. The zero-order valence-corrected chi connectivity index (χ0v) is 13.9. The molecule has 1 amide bonds. The summed E-state index contributed by atoms with van der Waals surface area (Å²) < 4.78 is 5.58. The summed E-state index contributed by atoms with van der Waals surface area (Å²) in [6.45, 7) is 0.841. The Balaban J connectivity index is 1.67. The molecular weight excluding hydrogens is 348 g/mol. The molecule has 8 heteroatoms. The van der Waals surface area contributed by atoms with Crippen molar-refractivity contribution >= 4 is 34.5 Å². The smallest absolute Gasteiger partial charge is 0.277 e. The third-order valence-electron chi connectivity index (χ3n) is 3.55. The lowest BCUT2D eigenvalue weighted by atomic mass is 10.2. The van der Waals surface area contributed by atoms with Gasteiger partial charge in [-0.2, -0.15) is 0 Å². The van der Waals surface area contributed by atoms with Crippen LogP contribution in [0.3, 0.4) is 0 Å². The zero-order valence-electron chi connectivity index (χ0n) is 12.3. The van der Waals surface area contributed by atoms with Crippen LogP contribution in [0.1, 0.15) is 10.5 Å². The molecule has 0 fully saturated rings. The van der Waals surface area contributed by atoms with Crippen molar-refractivity contribution in [3.05, 3.63) is 52.9 Å². The third-order valence-corrected chi connectivity index (χ3v) is 4.71. The molecular formula is C16H11ClN4O2S. The predicted octanol–water partition coefficient (Wildman–Crippen LogP) is 3.29. The Morgan fingerprint density at radius 1 is 1.33 bits per heavy atom. The van der Waals surface area contributed by atoms with Crippen LogP contribution in [0.25, 0.3) is 10.7 Å². The van der Waals surface area contributed by atoms with E-state index < -0.39 is 0 Å². The van der Waals surface area contributed by atoms with E-state index in [0.29, 0.717) is 46.0 Å². The maximum absolute atomic E-state index is 12.9. The summed E-state index contributed by atoms with van der Waals surface area (Å²) in [6.07, 6.45) is 4.81. The quantitative estimate of drug-likeness (QED) is 0.703. The van der Waals surface area contributed by atoms with Gasteiger partial charge in [-0.05, 0) is 12.1 Å². The number of thiazole rings is 1. The molecule has 0 aliphatic carbocycles. The van der Waals surface area contributed by atoms with Gasteiger partial charge in [0.25, 0.3) is 5.91 Å². The molecule has 120 valence electrons. The topological polar surface area (TPSA) is 68.2 Å².